The average Bonchev–Trinajstić information content (AvgIpc) is 2.68. The molecular formula is C12H16N2O2S. The average molecular weight is 252 g/mol. The highest BCUT2D eigenvalue weighted by molar-refractivity contribution is 7.14. The van der Waals surface area contributed by atoms with Gasteiger partial charge in [-0.05, 0) is 36.8 Å². The lowest BCUT2D eigenvalue weighted by Crippen LogP contribution is -2.32. The Labute approximate surface area is 104 Å². The van der Waals surface area contributed by atoms with Crippen molar-refractivity contribution in [2.75, 3.05) is 6.54 Å². The number of thiophene rings is 1. The summed E-state index contributed by atoms with van der Waals surface area (Å²) in [6, 6.07) is 1.95. The first-order chi connectivity index (χ1) is 8.06. The molecule has 2 rings (SSSR count). The van der Waals surface area contributed by atoms with E-state index < -0.39 is 5.91 Å². The van der Waals surface area contributed by atoms with Crippen LogP contribution in [-0.2, 0) is 17.6 Å². The zero-order chi connectivity index (χ0) is 12.4. The van der Waals surface area contributed by atoms with E-state index in [9.17, 15) is 9.59 Å². The minimum absolute atomic E-state index is 0.0994. The van der Waals surface area contributed by atoms with Gasteiger partial charge in [-0.1, -0.05) is 6.92 Å². The van der Waals surface area contributed by atoms with Crippen LogP contribution in [0.2, 0.25) is 0 Å². The molecule has 0 saturated heterocycles. The number of hydrogen-bond acceptors (Lipinski definition) is 3. The van der Waals surface area contributed by atoms with Crippen molar-refractivity contribution in [2.45, 2.75) is 26.2 Å². The number of carbonyl (C=O) groups is 2. The monoisotopic (exact) mass is 252 g/mol. The summed E-state index contributed by atoms with van der Waals surface area (Å²) in [5.41, 5.74) is 6.27. The summed E-state index contributed by atoms with van der Waals surface area (Å²) in [5, 5.41) is 2.52. The number of aryl methyl sites for hydroxylation is 1. The summed E-state index contributed by atoms with van der Waals surface area (Å²) < 4.78 is 0. The first-order valence-electron chi connectivity index (χ1n) is 5.74. The Hall–Kier alpha value is -1.36. The van der Waals surface area contributed by atoms with Crippen LogP contribution in [0.25, 0.3) is 0 Å². The quantitative estimate of drug-likeness (QED) is 0.845. The van der Waals surface area contributed by atoms with Crippen molar-refractivity contribution < 1.29 is 9.59 Å². The summed E-state index contributed by atoms with van der Waals surface area (Å²) in [6.07, 6.45) is 3.30. The maximum atomic E-state index is 11.7. The topological polar surface area (TPSA) is 72.2 Å². The molecule has 1 aromatic rings. The van der Waals surface area contributed by atoms with Crippen LogP contribution in [0.1, 0.15) is 33.5 Å². The molecule has 0 fully saturated rings. The molecule has 5 heteroatoms. The SMILES string of the molecule is C[C@H]1CCc2sc(C(=O)NCC(N)=O)cc2C1. The molecule has 92 valence electrons. The van der Waals surface area contributed by atoms with Gasteiger partial charge in [0, 0.05) is 4.88 Å². The molecule has 0 aliphatic heterocycles. The Kier molecular flexibility index (Phi) is 3.47. The summed E-state index contributed by atoms with van der Waals surface area (Å²) in [4.78, 5) is 24.3. The smallest absolute Gasteiger partial charge is 0.261 e. The molecule has 0 radical (unpaired) electrons. The lowest BCUT2D eigenvalue weighted by atomic mass is 9.90. The molecule has 3 N–H and O–H groups in total. The molecule has 0 spiro atoms. The highest BCUT2D eigenvalue weighted by Crippen LogP contribution is 2.32. The summed E-state index contributed by atoms with van der Waals surface area (Å²) in [7, 11) is 0. The fourth-order valence-electron chi connectivity index (χ4n) is 2.07. The minimum atomic E-state index is -0.520. The third-order valence-electron chi connectivity index (χ3n) is 2.98. The van der Waals surface area contributed by atoms with Crippen LogP contribution in [0.15, 0.2) is 6.07 Å². The molecular weight excluding hydrogens is 236 g/mol. The van der Waals surface area contributed by atoms with Gasteiger partial charge in [-0.2, -0.15) is 0 Å². The largest absolute Gasteiger partial charge is 0.368 e. The first-order valence-corrected chi connectivity index (χ1v) is 6.56. The predicted octanol–water partition coefficient (Wildman–Crippen LogP) is 1.09. The van der Waals surface area contributed by atoms with E-state index >= 15 is 0 Å². The maximum absolute atomic E-state index is 11.7. The number of carbonyl (C=O) groups excluding carboxylic acids is 2. The van der Waals surface area contributed by atoms with E-state index in [4.69, 9.17) is 5.73 Å². The highest BCUT2D eigenvalue weighted by Gasteiger charge is 2.20. The fourth-order valence-corrected chi connectivity index (χ4v) is 3.20. The Morgan fingerprint density at radius 3 is 3.06 bits per heavy atom. The van der Waals surface area contributed by atoms with Gasteiger partial charge in [0.15, 0.2) is 0 Å². The zero-order valence-electron chi connectivity index (χ0n) is 9.79. The van der Waals surface area contributed by atoms with Gasteiger partial charge in [-0.3, -0.25) is 9.59 Å². The second-order valence-electron chi connectivity index (χ2n) is 4.56. The van der Waals surface area contributed by atoms with Crippen molar-refractivity contribution in [3.05, 3.63) is 21.4 Å². The van der Waals surface area contributed by atoms with Gasteiger partial charge in [-0.15, -0.1) is 11.3 Å². The van der Waals surface area contributed by atoms with Crippen molar-refractivity contribution in [2.24, 2.45) is 11.7 Å². The lowest BCUT2D eigenvalue weighted by molar-refractivity contribution is -0.117. The van der Waals surface area contributed by atoms with Crippen LogP contribution >= 0.6 is 11.3 Å². The van der Waals surface area contributed by atoms with Crippen LogP contribution < -0.4 is 11.1 Å². The van der Waals surface area contributed by atoms with Crippen molar-refractivity contribution in [1.82, 2.24) is 5.32 Å². The van der Waals surface area contributed by atoms with Gasteiger partial charge >= 0.3 is 0 Å². The van der Waals surface area contributed by atoms with E-state index in [0.29, 0.717) is 10.8 Å². The van der Waals surface area contributed by atoms with E-state index in [0.717, 1.165) is 12.8 Å². The van der Waals surface area contributed by atoms with Crippen LogP contribution in [0.5, 0.6) is 0 Å². The van der Waals surface area contributed by atoms with E-state index in [2.05, 4.69) is 12.2 Å². The molecule has 1 heterocycles. The minimum Gasteiger partial charge on any atom is -0.368 e. The molecule has 1 atom stereocenters. The van der Waals surface area contributed by atoms with Gasteiger partial charge in [0.25, 0.3) is 5.91 Å². The molecule has 1 aromatic heterocycles. The van der Waals surface area contributed by atoms with Crippen molar-refractivity contribution >= 4 is 23.2 Å². The molecule has 0 saturated carbocycles. The molecule has 0 bridgehead atoms. The Morgan fingerprint density at radius 2 is 2.35 bits per heavy atom. The number of amides is 2. The van der Waals surface area contributed by atoms with Crippen molar-refractivity contribution in [3.63, 3.8) is 0 Å². The Morgan fingerprint density at radius 1 is 1.59 bits per heavy atom. The second-order valence-corrected chi connectivity index (χ2v) is 5.69. The van der Waals surface area contributed by atoms with Gasteiger partial charge in [0.05, 0.1) is 11.4 Å². The predicted molar refractivity (Wildman–Crippen MR) is 67.0 cm³/mol. The second kappa shape index (κ2) is 4.87. The molecule has 1 aliphatic rings. The normalized spacial score (nSPS) is 18.5. The lowest BCUT2D eigenvalue weighted by Gasteiger charge is -2.16. The van der Waals surface area contributed by atoms with E-state index in [1.165, 1.54) is 28.2 Å². The third kappa shape index (κ3) is 2.85. The van der Waals surface area contributed by atoms with Gasteiger partial charge in [-0.25, -0.2) is 0 Å². The number of primary amides is 1. The summed E-state index contributed by atoms with van der Waals surface area (Å²) in [5.74, 6) is -0.0252. The molecule has 4 nitrogen and oxygen atoms in total. The Bertz CT molecular complexity index is 453. The summed E-state index contributed by atoms with van der Waals surface area (Å²) >= 11 is 1.53. The van der Waals surface area contributed by atoms with Gasteiger partial charge in [0.2, 0.25) is 5.91 Å². The molecule has 1 aliphatic carbocycles. The summed E-state index contributed by atoms with van der Waals surface area (Å²) in [6.45, 7) is 2.13. The van der Waals surface area contributed by atoms with Crippen molar-refractivity contribution in [1.29, 1.82) is 0 Å². The zero-order valence-corrected chi connectivity index (χ0v) is 10.6. The number of hydrogen-bond donors (Lipinski definition) is 2. The highest BCUT2D eigenvalue weighted by atomic mass is 32.1. The number of nitrogens with one attached hydrogen (secondary N) is 1. The molecule has 0 aromatic carbocycles. The van der Waals surface area contributed by atoms with E-state index in [1.807, 2.05) is 6.07 Å². The first kappa shape index (κ1) is 12.1. The van der Waals surface area contributed by atoms with Crippen molar-refractivity contribution in [3.8, 4) is 0 Å². The van der Waals surface area contributed by atoms with E-state index in [-0.39, 0.29) is 12.5 Å². The number of fused-ring (bicyclic) bond motifs is 1. The van der Waals surface area contributed by atoms with Crippen LogP contribution in [-0.4, -0.2) is 18.4 Å². The van der Waals surface area contributed by atoms with Gasteiger partial charge < -0.3 is 11.1 Å². The maximum Gasteiger partial charge on any atom is 0.261 e. The Balaban J connectivity index is 2.07. The van der Waals surface area contributed by atoms with Crippen LogP contribution in [0.4, 0.5) is 0 Å². The number of nitrogens with two attached hydrogens (primary N) is 1. The molecule has 0 unspecified atom stereocenters. The molecule has 17 heavy (non-hydrogen) atoms. The van der Waals surface area contributed by atoms with Gasteiger partial charge in [0.1, 0.15) is 0 Å². The third-order valence-corrected chi connectivity index (χ3v) is 4.21. The number of rotatable bonds is 3. The van der Waals surface area contributed by atoms with E-state index in [1.54, 1.807) is 0 Å². The standard InChI is InChI=1S/C12H16N2O2S/c1-7-2-3-9-8(4-7)5-10(17-9)12(16)14-6-11(13)15/h5,7H,2-4,6H2,1H3,(H2,13,15)(H,14,16)/t7-/m0/s1. The fraction of sp³-hybridized carbons (Fsp3) is 0.500. The van der Waals surface area contributed by atoms with Crippen LogP contribution in [0.3, 0.4) is 0 Å². The van der Waals surface area contributed by atoms with Crippen LogP contribution in [0, 0.1) is 5.92 Å². The molecule has 2 amide bonds.